The van der Waals surface area contributed by atoms with Gasteiger partial charge in [-0.15, -0.1) is 0 Å². The smallest absolute Gasteiger partial charge is 0.234 e. The Labute approximate surface area is 692 Å². The average Bonchev–Trinajstić information content (AvgIpc) is 1.57. The Bertz CT molecular complexity index is 8090. The second kappa shape index (κ2) is 29.2. The molecule has 0 spiro atoms. The van der Waals surface area contributed by atoms with Gasteiger partial charge in [0.05, 0.1) is 72.4 Å². The van der Waals surface area contributed by atoms with Crippen LogP contribution in [0.1, 0.15) is 36.6 Å². The van der Waals surface area contributed by atoms with Gasteiger partial charge in [-0.2, -0.15) is 0 Å². The van der Waals surface area contributed by atoms with E-state index in [0.717, 1.165) is 58.6 Å². The topological polar surface area (TPSA) is 68.2 Å². The third kappa shape index (κ3) is 11.8. The van der Waals surface area contributed by atoms with Gasteiger partial charge in [-0.1, -0.05) is 291 Å². The Morgan fingerprint density at radius 1 is 0.242 bits per heavy atom. The standard InChI is InChI=1S/C42H30N2.C35H25N3.C34H22N4/c1-3-13-29(14-4-1)31-17-11-19-33(25-31)43-39-23-9-7-21-35(39)37-28-42-38(27-41(37)43)36-22-8-10-24-40(36)44(42)34-20-12-18-32(26-34)30-15-5-2-6-16-30;1-3-12-24(13-4-1)30-18-11-21-35(36-30)38-32-20-10-8-17-27(32)29-22-33-28(23-34(29)38)26-16-7-9-19-31(26)37(33)25-14-5-2-6-15-25;1-3-11-23(12-4-1)24-21-35-34(36-22-24)38-31-18-10-8-16-27(31)29-19-32-28(20-33(29)38)26-15-7-9-17-30(26)37(32)25-13-5-2-6-14-25/h1-19,21-28,34H,20H2;2-3,5-23H,1,4H2;1-22H. The van der Waals surface area contributed by atoms with Crippen LogP contribution in [-0.2, 0) is 0 Å². The van der Waals surface area contributed by atoms with E-state index >= 15 is 0 Å². The number of nitrogens with zero attached hydrogens (tertiary/aromatic N) is 9. The highest BCUT2D eigenvalue weighted by atomic mass is 15.2. The lowest BCUT2D eigenvalue weighted by atomic mass is 9.96. The molecule has 25 rings (SSSR count). The summed E-state index contributed by atoms with van der Waals surface area (Å²) in [6, 6.07) is 135. The third-order valence-corrected chi connectivity index (χ3v) is 24.4. The van der Waals surface area contributed by atoms with Crippen LogP contribution < -0.4 is 0 Å². The van der Waals surface area contributed by atoms with E-state index in [1.54, 1.807) is 0 Å². The van der Waals surface area contributed by atoms with Crippen LogP contribution in [-0.4, -0.2) is 42.4 Å². The molecule has 120 heavy (non-hydrogen) atoms. The predicted molar refractivity (Wildman–Crippen MR) is 502 cm³/mol. The molecule has 0 saturated heterocycles. The summed E-state index contributed by atoms with van der Waals surface area (Å²) in [5.41, 5.74) is 27.2. The van der Waals surface area contributed by atoms with Gasteiger partial charge in [0.15, 0.2) is 0 Å². The van der Waals surface area contributed by atoms with E-state index in [4.69, 9.17) is 15.0 Å². The van der Waals surface area contributed by atoms with E-state index in [2.05, 4.69) is 422 Å². The minimum Gasteiger partial charge on any atom is -0.333 e. The number of hydrogen-bond donors (Lipinski definition) is 0. The summed E-state index contributed by atoms with van der Waals surface area (Å²) in [4.78, 5) is 14.9. The Kier molecular flexibility index (Phi) is 17.0. The van der Waals surface area contributed by atoms with Gasteiger partial charge < -0.3 is 18.3 Å². The normalized spacial score (nSPS) is 13.5. The summed E-state index contributed by atoms with van der Waals surface area (Å²) in [5, 5.41) is 14.9. The molecule has 15 aromatic carbocycles. The molecule has 1 atom stereocenters. The maximum absolute atomic E-state index is 5.17. The van der Waals surface area contributed by atoms with E-state index in [1.165, 1.54) is 159 Å². The van der Waals surface area contributed by atoms with Crippen molar-refractivity contribution in [2.75, 3.05) is 0 Å². The van der Waals surface area contributed by atoms with Crippen molar-refractivity contribution in [3.8, 4) is 51.1 Å². The molecule has 0 bridgehead atoms. The molecule has 9 heteroatoms. The number of hydrogen-bond acceptors (Lipinski definition) is 3. The zero-order valence-corrected chi connectivity index (χ0v) is 65.6. The van der Waals surface area contributed by atoms with Crippen LogP contribution in [0.3, 0.4) is 0 Å². The van der Waals surface area contributed by atoms with Gasteiger partial charge in [0, 0.05) is 105 Å². The Hall–Kier alpha value is -15.7. The zero-order chi connectivity index (χ0) is 79.1. The molecule has 0 amide bonds. The first-order chi connectivity index (χ1) is 59.6. The number of rotatable bonds is 10. The van der Waals surface area contributed by atoms with E-state index in [-0.39, 0.29) is 6.04 Å². The minimum absolute atomic E-state index is 0.228. The number of aromatic nitrogens is 9. The number of fused-ring (bicyclic) bond motifs is 18. The van der Waals surface area contributed by atoms with Gasteiger partial charge in [0.1, 0.15) is 5.82 Å². The van der Waals surface area contributed by atoms with E-state index in [1.807, 2.05) is 30.6 Å². The number of pyridine rings is 1. The Balaban J connectivity index is 0.000000105. The molecule has 0 saturated carbocycles. The Morgan fingerprint density at radius 3 is 1.11 bits per heavy atom. The lowest BCUT2D eigenvalue weighted by Gasteiger charge is -2.21. The monoisotopic (exact) mass is 1540 g/mol. The lowest BCUT2D eigenvalue weighted by molar-refractivity contribution is 0.650. The highest BCUT2D eigenvalue weighted by Crippen LogP contribution is 2.46. The van der Waals surface area contributed by atoms with Crippen molar-refractivity contribution in [3.63, 3.8) is 0 Å². The van der Waals surface area contributed by atoms with Crippen LogP contribution >= 0.6 is 0 Å². The molecule has 8 heterocycles. The van der Waals surface area contributed by atoms with Crippen molar-refractivity contribution in [3.05, 3.63) is 436 Å². The summed E-state index contributed by atoms with van der Waals surface area (Å²) in [5.74, 6) is 1.61. The second-order valence-corrected chi connectivity index (χ2v) is 31.2. The molecule has 23 aromatic rings. The molecular weight excluding hydrogens is 1460 g/mol. The average molecular weight is 1540 g/mol. The van der Waals surface area contributed by atoms with Crippen LogP contribution in [0.5, 0.6) is 0 Å². The van der Waals surface area contributed by atoms with Gasteiger partial charge in [-0.3, -0.25) is 9.13 Å². The number of allylic oxidation sites excluding steroid dienone is 8. The molecule has 2 aliphatic carbocycles. The maximum Gasteiger partial charge on any atom is 0.234 e. The fraction of sp³-hybridized carbons (Fsp3) is 0.0360. The Morgan fingerprint density at radius 2 is 0.608 bits per heavy atom. The number of benzene rings is 15. The summed E-state index contributed by atoms with van der Waals surface area (Å²) in [6.45, 7) is 0. The quantitative estimate of drug-likeness (QED) is 0.137. The summed E-state index contributed by atoms with van der Waals surface area (Å²) in [7, 11) is 0. The summed E-state index contributed by atoms with van der Waals surface area (Å²) in [6.07, 6.45) is 20.7. The zero-order valence-electron chi connectivity index (χ0n) is 65.6. The fourth-order valence-corrected chi connectivity index (χ4v) is 19.0. The van der Waals surface area contributed by atoms with Crippen molar-refractivity contribution in [2.45, 2.75) is 25.3 Å². The van der Waals surface area contributed by atoms with Crippen LogP contribution in [0.15, 0.2) is 425 Å². The van der Waals surface area contributed by atoms with Crippen LogP contribution in [0.2, 0.25) is 0 Å². The third-order valence-electron chi connectivity index (χ3n) is 24.4. The molecule has 0 aliphatic heterocycles. The maximum atomic E-state index is 5.17. The molecule has 1 unspecified atom stereocenters. The van der Waals surface area contributed by atoms with E-state index in [0.29, 0.717) is 5.95 Å². The highest BCUT2D eigenvalue weighted by Gasteiger charge is 2.26. The predicted octanol–water partition coefficient (Wildman–Crippen LogP) is 28.5. The van der Waals surface area contributed by atoms with Gasteiger partial charge in [0.25, 0.3) is 0 Å². The lowest BCUT2D eigenvalue weighted by Crippen LogP contribution is -2.08. The van der Waals surface area contributed by atoms with Crippen molar-refractivity contribution in [1.29, 1.82) is 0 Å². The van der Waals surface area contributed by atoms with Gasteiger partial charge in [-0.25, -0.2) is 15.0 Å². The van der Waals surface area contributed by atoms with Crippen molar-refractivity contribution >= 4 is 142 Å². The molecule has 566 valence electrons. The van der Waals surface area contributed by atoms with E-state index < -0.39 is 0 Å². The summed E-state index contributed by atoms with van der Waals surface area (Å²) >= 11 is 0. The molecule has 9 nitrogen and oxygen atoms in total. The van der Waals surface area contributed by atoms with Gasteiger partial charge in [0.2, 0.25) is 5.95 Å². The second-order valence-electron chi connectivity index (χ2n) is 31.2. The van der Waals surface area contributed by atoms with Gasteiger partial charge in [-0.05, 0) is 174 Å². The molecule has 0 fully saturated rings. The van der Waals surface area contributed by atoms with Crippen LogP contribution in [0.4, 0.5) is 0 Å². The largest absolute Gasteiger partial charge is 0.333 e. The van der Waals surface area contributed by atoms with E-state index in [9.17, 15) is 0 Å². The molecule has 0 N–H and O–H groups in total. The molecule has 8 aromatic heterocycles. The van der Waals surface area contributed by atoms with Crippen molar-refractivity contribution in [2.24, 2.45) is 0 Å². The first-order valence-corrected chi connectivity index (χ1v) is 41.4. The molecule has 0 radical (unpaired) electrons. The van der Waals surface area contributed by atoms with Gasteiger partial charge >= 0.3 is 0 Å². The highest BCUT2D eigenvalue weighted by molar-refractivity contribution is 6.22. The van der Waals surface area contributed by atoms with Crippen molar-refractivity contribution in [1.82, 2.24) is 42.4 Å². The number of para-hydroxylation sites is 8. The first-order valence-electron chi connectivity index (χ1n) is 41.4. The first kappa shape index (κ1) is 69.8. The molecular formula is C111H77N9. The molecule has 2 aliphatic rings. The fourth-order valence-electron chi connectivity index (χ4n) is 19.0. The van der Waals surface area contributed by atoms with Crippen LogP contribution in [0, 0.1) is 0 Å². The summed E-state index contributed by atoms with van der Waals surface area (Å²) < 4.78 is 14.3. The minimum atomic E-state index is 0.228. The van der Waals surface area contributed by atoms with Crippen molar-refractivity contribution < 1.29 is 0 Å². The SMILES string of the molecule is C1=CC(c2cccc(-n3c4ccccc4c4cc5c(cc43)c3ccccc3n5-c3ccccc3)n2)=CCC1.C1=CC(c2ccccc2)=CC(n2c3ccccc3c3cc4c(cc32)c2ccccc2n4-c2cccc(-c3ccccc3)c2)C1.c1ccc(-c2cnc(-n3c4ccccc4c4cc5c(cc43)c3ccccc3n5-c3ccccc3)nc2)cc1. The van der Waals surface area contributed by atoms with Crippen LogP contribution in [0.25, 0.3) is 193 Å².